The molecule has 0 spiro atoms. The minimum Gasteiger partial charge on any atom is -0.352 e. The SMILES string of the molecule is CN(Cc1cnn(C)c1)C(=O)CC(NC(N)=O)c1ccccc1Cl. The lowest BCUT2D eigenvalue weighted by Gasteiger charge is -2.22. The molecule has 2 rings (SSSR count). The van der Waals surface area contributed by atoms with Gasteiger partial charge in [-0.3, -0.25) is 9.48 Å². The minimum absolute atomic E-state index is 0.0590. The van der Waals surface area contributed by atoms with E-state index in [0.717, 1.165) is 5.56 Å². The standard InChI is InChI=1S/C16H20ClN5O2/c1-21(9-11-8-19-22(2)10-11)15(23)7-14(20-16(18)24)12-5-3-4-6-13(12)17/h3-6,8,10,14H,7,9H2,1-2H3,(H3,18,20,24). The Hall–Kier alpha value is -2.54. The molecule has 7 nitrogen and oxygen atoms in total. The van der Waals surface area contributed by atoms with Crippen LogP contribution in [-0.4, -0.2) is 33.7 Å². The zero-order chi connectivity index (χ0) is 17.7. The van der Waals surface area contributed by atoms with Gasteiger partial charge in [0.1, 0.15) is 0 Å². The Morgan fingerprint density at radius 3 is 2.71 bits per heavy atom. The van der Waals surface area contributed by atoms with Crippen LogP contribution in [0.4, 0.5) is 4.79 Å². The third kappa shape index (κ3) is 4.73. The lowest BCUT2D eigenvalue weighted by Crippen LogP contribution is -2.37. The van der Waals surface area contributed by atoms with Gasteiger partial charge in [-0.25, -0.2) is 4.79 Å². The summed E-state index contributed by atoms with van der Waals surface area (Å²) in [4.78, 5) is 25.3. The summed E-state index contributed by atoms with van der Waals surface area (Å²) in [6.45, 7) is 0.429. The minimum atomic E-state index is -0.706. The molecule has 0 saturated carbocycles. The first kappa shape index (κ1) is 17.8. The second-order valence-corrected chi connectivity index (χ2v) is 5.97. The predicted molar refractivity (Wildman–Crippen MR) is 91.2 cm³/mol. The molecule has 0 fully saturated rings. The van der Waals surface area contributed by atoms with Crippen LogP contribution in [-0.2, 0) is 18.4 Å². The maximum atomic E-state index is 12.5. The molecular formula is C16H20ClN5O2. The van der Waals surface area contributed by atoms with Crippen LogP contribution in [0.25, 0.3) is 0 Å². The van der Waals surface area contributed by atoms with Crippen LogP contribution in [0.2, 0.25) is 5.02 Å². The molecule has 1 unspecified atom stereocenters. The molecule has 24 heavy (non-hydrogen) atoms. The molecule has 1 heterocycles. The van der Waals surface area contributed by atoms with Crippen LogP contribution in [0, 0.1) is 0 Å². The van der Waals surface area contributed by atoms with Crippen LogP contribution in [0.5, 0.6) is 0 Å². The number of carbonyl (C=O) groups is 2. The zero-order valence-electron chi connectivity index (χ0n) is 13.6. The second-order valence-electron chi connectivity index (χ2n) is 5.56. The monoisotopic (exact) mass is 349 g/mol. The molecule has 0 aliphatic heterocycles. The van der Waals surface area contributed by atoms with Crippen molar-refractivity contribution in [1.29, 1.82) is 0 Å². The number of nitrogens with two attached hydrogens (primary N) is 1. The third-order valence-corrected chi connectivity index (χ3v) is 3.92. The number of aromatic nitrogens is 2. The molecule has 1 atom stereocenters. The number of amides is 3. The van der Waals surface area contributed by atoms with Crippen molar-refractivity contribution in [2.75, 3.05) is 7.05 Å². The van der Waals surface area contributed by atoms with Crippen molar-refractivity contribution < 1.29 is 9.59 Å². The van der Waals surface area contributed by atoms with Crippen molar-refractivity contribution in [3.05, 3.63) is 52.8 Å². The van der Waals surface area contributed by atoms with Gasteiger partial charge in [0.15, 0.2) is 0 Å². The molecular weight excluding hydrogens is 330 g/mol. The average molecular weight is 350 g/mol. The molecule has 3 N–H and O–H groups in total. The quantitative estimate of drug-likeness (QED) is 0.833. The maximum absolute atomic E-state index is 12.5. The Morgan fingerprint density at radius 2 is 2.12 bits per heavy atom. The lowest BCUT2D eigenvalue weighted by atomic mass is 10.0. The largest absolute Gasteiger partial charge is 0.352 e. The van der Waals surface area contributed by atoms with E-state index < -0.39 is 12.1 Å². The normalized spacial score (nSPS) is 11.8. The van der Waals surface area contributed by atoms with E-state index in [2.05, 4.69) is 10.4 Å². The van der Waals surface area contributed by atoms with Gasteiger partial charge in [0.2, 0.25) is 5.91 Å². The number of hydrogen-bond donors (Lipinski definition) is 2. The van der Waals surface area contributed by atoms with Crippen molar-refractivity contribution >= 4 is 23.5 Å². The van der Waals surface area contributed by atoms with E-state index in [9.17, 15) is 9.59 Å². The molecule has 2 aromatic rings. The third-order valence-electron chi connectivity index (χ3n) is 3.58. The summed E-state index contributed by atoms with van der Waals surface area (Å²) in [5.41, 5.74) is 6.81. The number of carbonyl (C=O) groups excluding carboxylic acids is 2. The first-order chi connectivity index (χ1) is 11.4. The fourth-order valence-electron chi connectivity index (χ4n) is 2.41. The van der Waals surface area contributed by atoms with Gasteiger partial charge >= 0.3 is 6.03 Å². The van der Waals surface area contributed by atoms with Crippen LogP contribution in [0.1, 0.15) is 23.6 Å². The highest BCUT2D eigenvalue weighted by atomic mass is 35.5. The lowest BCUT2D eigenvalue weighted by molar-refractivity contribution is -0.130. The van der Waals surface area contributed by atoms with E-state index in [0.29, 0.717) is 17.1 Å². The van der Waals surface area contributed by atoms with Gasteiger partial charge in [0.05, 0.1) is 18.7 Å². The number of hydrogen-bond acceptors (Lipinski definition) is 3. The molecule has 1 aromatic heterocycles. The highest BCUT2D eigenvalue weighted by molar-refractivity contribution is 6.31. The first-order valence-corrected chi connectivity index (χ1v) is 7.76. The summed E-state index contributed by atoms with van der Waals surface area (Å²) < 4.78 is 1.68. The van der Waals surface area contributed by atoms with Gasteiger partial charge in [-0.1, -0.05) is 29.8 Å². The van der Waals surface area contributed by atoms with Gasteiger partial charge in [-0.05, 0) is 11.6 Å². The Labute approximate surface area is 145 Å². The molecule has 0 aliphatic carbocycles. The number of primary amides is 1. The second kappa shape index (κ2) is 7.83. The summed E-state index contributed by atoms with van der Waals surface area (Å²) >= 11 is 6.17. The average Bonchev–Trinajstić information content (AvgIpc) is 2.91. The van der Waals surface area contributed by atoms with E-state index in [1.807, 2.05) is 13.2 Å². The van der Waals surface area contributed by atoms with Gasteiger partial charge in [0, 0.05) is 37.4 Å². The Kier molecular flexibility index (Phi) is 5.81. The smallest absolute Gasteiger partial charge is 0.312 e. The topological polar surface area (TPSA) is 93.2 Å². The number of nitrogens with zero attached hydrogens (tertiary/aromatic N) is 3. The van der Waals surface area contributed by atoms with Crippen molar-refractivity contribution in [3.8, 4) is 0 Å². The summed E-state index contributed by atoms with van der Waals surface area (Å²) in [5, 5.41) is 7.13. The van der Waals surface area contributed by atoms with Crippen LogP contribution in [0.3, 0.4) is 0 Å². The van der Waals surface area contributed by atoms with Crippen molar-refractivity contribution in [3.63, 3.8) is 0 Å². The fourth-order valence-corrected chi connectivity index (χ4v) is 2.68. The van der Waals surface area contributed by atoms with Gasteiger partial charge < -0.3 is 16.0 Å². The van der Waals surface area contributed by atoms with E-state index in [1.54, 1.807) is 47.1 Å². The molecule has 3 amide bonds. The predicted octanol–water partition coefficient (Wildman–Crippen LogP) is 1.83. The molecule has 0 aliphatic rings. The van der Waals surface area contributed by atoms with Gasteiger partial charge in [-0.2, -0.15) is 5.10 Å². The van der Waals surface area contributed by atoms with Crippen LogP contribution >= 0.6 is 11.6 Å². The van der Waals surface area contributed by atoms with Gasteiger partial charge in [-0.15, -0.1) is 0 Å². The highest BCUT2D eigenvalue weighted by Gasteiger charge is 2.22. The molecule has 0 bridgehead atoms. The highest BCUT2D eigenvalue weighted by Crippen LogP contribution is 2.25. The Morgan fingerprint density at radius 1 is 1.42 bits per heavy atom. The van der Waals surface area contributed by atoms with Crippen LogP contribution < -0.4 is 11.1 Å². The molecule has 0 radical (unpaired) electrons. The van der Waals surface area contributed by atoms with E-state index in [4.69, 9.17) is 17.3 Å². The molecule has 0 saturated heterocycles. The number of urea groups is 1. The number of halogens is 1. The summed E-state index contributed by atoms with van der Waals surface area (Å²) in [6.07, 6.45) is 3.61. The van der Waals surface area contributed by atoms with Gasteiger partial charge in [0.25, 0.3) is 0 Å². The summed E-state index contributed by atoms with van der Waals surface area (Å²) in [7, 11) is 3.51. The van der Waals surface area contributed by atoms with E-state index in [1.165, 1.54) is 0 Å². The van der Waals surface area contributed by atoms with E-state index in [-0.39, 0.29) is 12.3 Å². The maximum Gasteiger partial charge on any atom is 0.312 e. The number of rotatable bonds is 6. The summed E-state index contributed by atoms with van der Waals surface area (Å²) in [6, 6.07) is 5.75. The number of benzene rings is 1. The van der Waals surface area contributed by atoms with Crippen molar-refractivity contribution in [2.24, 2.45) is 12.8 Å². The zero-order valence-corrected chi connectivity index (χ0v) is 14.3. The molecule has 128 valence electrons. The molecule has 8 heteroatoms. The first-order valence-electron chi connectivity index (χ1n) is 7.38. The Bertz CT molecular complexity index is 731. The fraction of sp³-hybridized carbons (Fsp3) is 0.312. The number of aryl methyl sites for hydroxylation is 1. The van der Waals surface area contributed by atoms with Crippen molar-refractivity contribution in [2.45, 2.75) is 19.0 Å². The van der Waals surface area contributed by atoms with E-state index >= 15 is 0 Å². The van der Waals surface area contributed by atoms with Crippen molar-refractivity contribution in [1.82, 2.24) is 20.0 Å². The molecule has 1 aromatic carbocycles. The summed E-state index contributed by atoms with van der Waals surface area (Å²) in [5.74, 6) is -0.141. The Balaban J connectivity index is 2.09. The van der Waals surface area contributed by atoms with Crippen LogP contribution in [0.15, 0.2) is 36.7 Å². The number of nitrogens with one attached hydrogen (secondary N) is 1.